The lowest BCUT2D eigenvalue weighted by Gasteiger charge is -2.25. The number of nitrogens with zero attached hydrogens (tertiary/aromatic N) is 2. The minimum Gasteiger partial charge on any atom is -0.491 e. The Morgan fingerprint density at radius 2 is 1.95 bits per heavy atom. The number of thiazole rings is 1. The molecule has 0 bridgehead atoms. The van der Waals surface area contributed by atoms with Gasteiger partial charge in [-0.2, -0.15) is 0 Å². The molecule has 4 aromatic rings. The lowest BCUT2D eigenvalue weighted by atomic mass is 9.96. The summed E-state index contributed by atoms with van der Waals surface area (Å²) in [5.74, 6) is 1.45. The molecule has 7 nitrogen and oxygen atoms in total. The number of ether oxygens (including phenoxy) is 2. The molecule has 0 unspecified atom stereocenters. The highest BCUT2D eigenvalue weighted by Crippen LogP contribution is 2.32. The maximum absolute atomic E-state index is 13.8. The van der Waals surface area contributed by atoms with Crippen LogP contribution in [0.15, 0.2) is 90.6 Å². The van der Waals surface area contributed by atoms with Gasteiger partial charge in [-0.25, -0.2) is 9.79 Å². The quantitative estimate of drug-likeness (QED) is 0.255. The number of benzene rings is 2. The van der Waals surface area contributed by atoms with Crippen molar-refractivity contribution in [2.75, 3.05) is 6.61 Å². The lowest BCUT2D eigenvalue weighted by molar-refractivity contribution is -0.139. The van der Waals surface area contributed by atoms with E-state index in [1.54, 1.807) is 24.5 Å². The molecule has 2 aromatic heterocycles. The van der Waals surface area contributed by atoms with Gasteiger partial charge < -0.3 is 13.9 Å². The largest absolute Gasteiger partial charge is 0.491 e. The van der Waals surface area contributed by atoms with E-state index in [4.69, 9.17) is 13.9 Å². The summed E-state index contributed by atoms with van der Waals surface area (Å²) in [6.45, 7) is 7.65. The van der Waals surface area contributed by atoms with Gasteiger partial charge in [0.2, 0.25) is 0 Å². The minimum atomic E-state index is -0.690. The minimum absolute atomic E-state index is 0.0243. The van der Waals surface area contributed by atoms with E-state index in [0.717, 1.165) is 15.6 Å². The van der Waals surface area contributed by atoms with Crippen molar-refractivity contribution in [3.63, 3.8) is 0 Å². The highest BCUT2D eigenvalue weighted by Gasteiger charge is 2.33. The average molecular weight is 608 g/mol. The zero-order chi connectivity index (χ0) is 27.7. The maximum Gasteiger partial charge on any atom is 0.338 e. The van der Waals surface area contributed by atoms with Crippen molar-refractivity contribution >= 4 is 39.3 Å². The zero-order valence-electron chi connectivity index (χ0n) is 21.9. The fourth-order valence-electron chi connectivity index (χ4n) is 4.46. The Morgan fingerprint density at radius 1 is 1.18 bits per heavy atom. The summed E-state index contributed by atoms with van der Waals surface area (Å²) in [6.07, 6.45) is 1.74. The highest BCUT2D eigenvalue weighted by atomic mass is 79.9. The van der Waals surface area contributed by atoms with Crippen molar-refractivity contribution in [1.29, 1.82) is 0 Å². The molecular formula is C30H27BrN2O5S. The number of carbonyl (C=O) groups excluding carboxylic acids is 1. The molecule has 0 aliphatic carbocycles. The van der Waals surface area contributed by atoms with Gasteiger partial charge in [-0.3, -0.25) is 9.36 Å². The van der Waals surface area contributed by atoms with Gasteiger partial charge in [-0.05, 0) is 69.7 Å². The van der Waals surface area contributed by atoms with Crippen LogP contribution in [0.4, 0.5) is 0 Å². The summed E-state index contributed by atoms with van der Waals surface area (Å²) >= 11 is 4.74. The molecule has 1 aliphatic heterocycles. The van der Waals surface area contributed by atoms with E-state index in [0.29, 0.717) is 37.9 Å². The van der Waals surface area contributed by atoms with Crippen molar-refractivity contribution in [2.45, 2.75) is 39.8 Å². The number of hydrogen-bond acceptors (Lipinski definition) is 7. The Bertz CT molecular complexity index is 1740. The highest BCUT2D eigenvalue weighted by molar-refractivity contribution is 9.10. The fourth-order valence-corrected chi connectivity index (χ4v) is 5.89. The van der Waals surface area contributed by atoms with Gasteiger partial charge in [0.25, 0.3) is 5.56 Å². The van der Waals surface area contributed by atoms with Gasteiger partial charge in [-0.1, -0.05) is 51.5 Å². The monoisotopic (exact) mass is 606 g/mol. The van der Waals surface area contributed by atoms with E-state index in [9.17, 15) is 9.59 Å². The lowest BCUT2D eigenvalue weighted by Crippen LogP contribution is -2.39. The van der Waals surface area contributed by atoms with Crippen LogP contribution in [-0.2, 0) is 9.53 Å². The van der Waals surface area contributed by atoms with Crippen molar-refractivity contribution in [3.05, 3.63) is 107 Å². The van der Waals surface area contributed by atoms with Crippen LogP contribution in [0, 0.1) is 0 Å². The number of furan rings is 1. The van der Waals surface area contributed by atoms with Crippen LogP contribution in [0.2, 0.25) is 0 Å². The van der Waals surface area contributed by atoms with Crippen LogP contribution in [0.1, 0.15) is 45.1 Å². The summed E-state index contributed by atoms with van der Waals surface area (Å²) in [6, 6.07) is 18.2. The molecule has 0 amide bonds. The van der Waals surface area contributed by atoms with Crippen molar-refractivity contribution < 1.29 is 18.7 Å². The Morgan fingerprint density at radius 3 is 2.64 bits per heavy atom. The molecule has 3 heterocycles. The third-order valence-corrected chi connectivity index (χ3v) is 7.57. The van der Waals surface area contributed by atoms with Gasteiger partial charge in [-0.15, -0.1) is 0 Å². The van der Waals surface area contributed by atoms with Crippen molar-refractivity contribution in [1.82, 2.24) is 4.57 Å². The Hall–Kier alpha value is -3.69. The molecule has 5 rings (SSSR count). The number of allylic oxidation sites excluding steroid dienone is 1. The molecule has 1 aliphatic rings. The molecule has 0 radical (unpaired) electrons. The summed E-state index contributed by atoms with van der Waals surface area (Å²) < 4.78 is 20.2. The second-order valence-electron chi connectivity index (χ2n) is 9.25. The van der Waals surface area contributed by atoms with Crippen LogP contribution < -0.4 is 19.6 Å². The SMILES string of the molecule is CCOC(=O)C1=C(C)N=c2s/c(=C\c3ccc(-c4cccc(Br)c4)o3)c(=O)n2[C@H]1c1ccc(OC(C)C)cc1. The van der Waals surface area contributed by atoms with Crippen molar-refractivity contribution in [2.24, 2.45) is 4.99 Å². The molecule has 9 heteroatoms. The first-order valence-corrected chi connectivity index (χ1v) is 14.2. The van der Waals surface area contributed by atoms with Gasteiger partial charge >= 0.3 is 5.97 Å². The van der Waals surface area contributed by atoms with E-state index in [1.165, 1.54) is 11.3 Å². The molecule has 2 aromatic carbocycles. The maximum atomic E-state index is 13.8. The number of esters is 1. The van der Waals surface area contributed by atoms with Gasteiger partial charge in [0.1, 0.15) is 17.3 Å². The van der Waals surface area contributed by atoms with Crippen LogP contribution in [0.5, 0.6) is 5.75 Å². The van der Waals surface area contributed by atoms with Crippen LogP contribution >= 0.6 is 27.3 Å². The molecule has 0 N–H and O–H groups in total. The predicted molar refractivity (Wildman–Crippen MR) is 154 cm³/mol. The third kappa shape index (κ3) is 5.55. The van der Waals surface area contributed by atoms with Crippen LogP contribution in [0.25, 0.3) is 17.4 Å². The van der Waals surface area contributed by atoms with Crippen molar-refractivity contribution in [3.8, 4) is 17.1 Å². The molecule has 0 fully saturated rings. The second kappa shape index (κ2) is 11.2. The first kappa shape index (κ1) is 26.9. The smallest absolute Gasteiger partial charge is 0.338 e. The normalized spacial score (nSPS) is 15.3. The molecule has 0 spiro atoms. The second-order valence-corrected chi connectivity index (χ2v) is 11.2. The fraction of sp³-hybridized carbons (Fsp3) is 0.233. The van der Waals surface area contributed by atoms with E-state index in [2.05, 4.69) is 20.9 Å². The average Bonchev–Trinajstić information content (AvgIpc) is 3.48. The van der Waals surface area contributed by atoms with Gasteiger partial charge in [0.05, 0.1) is 34.6 Å². The van der Waals surface area contributed by atoms with E-state index in [-0.39, 0.29) is 18.3 Å². The molecule has 39 heavy (non-hydrogen) atoms. The van der Waals surface area contributed by atoms with E-state index >= 15 is 0 Å². The summed E-state index contributed by atoms with van der Waals surface area (Å²) in [4.78, 5) is 32.0. The number of hydrogen-bond donors (Lipinski definition) is 0. The Balaban J connectivity index is 1.61. The number of carbonyl (C=O) groups is 1. The first-order chi connectivity index (χ1) is 18.7. The zero-order valence-corrected chi connectivity index (χ0v) is 24.3. The molecular weight excluding hydrogens is 580 g/mol. The van der Waals surface area contributed by atoms with Crippen LogP contribution in [-0.4, -0.2) is 23.2 Å². The van der Waals surface area contributed by atoms with Crippen LogP contribution in [0.3, 0.4) is 0 Å². The summed E-state index contributed by atoms with van der Waals surface area (Å²) in [7, 11) is 0. The Labute approximate surface area is 237 Å². The van der Waals surface area contributed by atoms with Gasteiger partial charge in [0, 0.05) is 16.1 Å². The predicted octanol–water partition coefficient (Wildman–Crippen LogP) is 5.61. The first-order valence-electron chi connectivity index (χ1n) is 12.6. The third-order valence-electron chi connectivity index (χ3n) is 6.09. The molecule has 0 saturated carbocycles. The Kier molecular flexibility index (Phi) is 7.72. The standard InChI is InChI=1S/C30H27BrN2O5S/c1-5-36-29(35)26-18(4)32-30-33(27(26)19-9-11-22(12-10-19)37-17(2)3)28(34)25(39-30)16-23-13-14-24(38-23)20-7-6-8-21(31)15-20/h6-17,27H,5H2,1-4H3/b25-16-/t27-/m0/s1. The molecule has 0 saturated heterocycles. The number of aromatic nitrogens is 1. The molecule has 200 valence electrons. The number of rotatable bonds is 7. The van der Waals surface area contributed by atoms with E-state index in [1.807, 2.05) is 74.5 Å². The van der Waals surface area contributed by atoms with E-state index < -0.39 is 12.0 Å². The summed E-state index contributed by atoms with van der Waals surface area (Å²) in [5, 5.41) is 0. The topological polar surface area (TPSA) is 83.0 Å². The number of fused-ring (bicyclic) bond motifs is 1. The molecule has 1 atom stereocenters. The van der Waals surface area contributed by atoms with Gasteiger partial charge in [0.15, 0.2) is 4.80 Å². The number of halogens is 1. The summed E-state index contributed by atoms with van der Waals surface area (Å²) in [5.41, 5.74) is 2.27.